The number of rotatable bonds is 4. The first-order valence-corrected chi connectivity index (χ1v) is 10.2. The fourth-order valence-corrected chi connectivity index (χ4v) is 4.89. The van der Waals surface area contributed by atoms with E-state index in [-0.39, 0.29) is 17.9 Å². The Hall–Kier alpha value is -1.30. The van der Waals surface area contributed by atoms with E-state index in [1.807, 2.05) is 0 Å². The van der Waals surface area contributed by atoms with Crippen molar-refractivity contribution in [3.05, 3.63) is 0 Å². The Labute approximate surface area is 158 Å². The van der Waals surface area contributed by atoms with Gasteiger partial charge in [0.05, 0.1) is 6.10 Å². The summed E-state index contributed by atoms with van der Waals surface area (Å²) >= 11 is 0. The van der Waals surface area contributed by atoms with Crippen molar-refractivity contribution in [1.82, 2.24) is 15.5 Å². The quantitative estimate of drug-likeness (QED) is 0.591. The monoisotopic (exact) mass is 364 g/mol. The molecule has 26 heavy (non-hydrogen) atoms. The van der Waals surface area contributed by atoms with Gasteiger partial charge in [-0.05, 0) is 25.2 Å². The summed E-state index contributed by atoms with van der Waals surface area (Å²) in [6, 6.07) is 0.776. The number of ether oxygens (including phenoxy) is 1. The van der Waals surface area contributed by atoms with Crippen molar-refractivity contribution in [2.24, 2.45) is 22.2 Å². The number of fused-ring (bicyclic) bond motifs is 1. The van der Waals surface area contributed by atoms with E-state index in [0.29, 0.717) is 30.0 Å². The van der Waals surface area contributed by atoms with E-state index < -0.39 is 0 Å². The molecule has 6 nitrogen and oxygen atoms in total. The van der Waals surface area contributed by atoms with Crippen molar-refractivity contribution in [1.29, 1.82) is 0 Å². The number of hydrogen-bond acceptors (Lipinski definition) is 3. The molecule has 148 valence electrons. The smallest absolute Gasteiger partial charge is 0.243 e. The Balaban J connectivity index is 1.70. The van der Waals surface area contributed by atoms with Crippen LogP contribution in [0.2, 0.25) is 0 Å². The van der Waals surface area contributed by atoms with Gasteiger partial charge in [-0.15, -0.1) is 0 Å². The Bertz CT molecular complexity index is 546. The number of carbonyl (C=O) groups is 1. The number of amides is 1. The largest absolute Gasteiger partial charge is 0.377 e. The van der Waals surface area contributed by atoms with E-state index in [2.05, 4.69) is 36.4 Å². The Kier molecular flexibility index (Phi) is 5.80. The van der Waals surface area contributed by atoms with Gasteiger partial charge in [0.1, 0.15) is 6.54 Å². The standard InChI is InChI=1S/C20H36N4O2/c1-13-8-6-7-9-15(13)22-19(21-12-16(25)24(4)5)23-17-14-10-11-26-18(14)20(17,2)3/h13-15,17-18H,6-12H2,1-5H3,(H2,21,22,23). The van der Waals surface area contributed by atoms with Gasteiger partial charge in [-0.2, -0.15) is 0 Å². The lowest BCUT2D eigenvalue weighted by Crippen LogP contribution is -2.68. The average Bonchev–Trinajstić information content (AvgIpc) is 3.05. The summed E-state index contributed by atoms with van der Waals surface area (Å²) < 4.78 is 5.91. The molecule has 3 rings (SSSR count). The van der Waals surface area contributed by atoms with Crippen LogP contribution in [-0.2, 0) is 9.53 Å². The SMILES string of the molecule is CC1CCCCC1NC(=NCC(=O)N(C)C)NC1C2CCOC2C1(C)C. The van der Waals surface area contributed by atoms with Gasteiger partial charge in [0.15, 0.2) is 5.96 Å². The van der Waals surface area contributed by atoms with Crippen molar-refractivity contribution >= 4 is 11.9 Å². The van der Waals surface area contributed by atoms with Crippen LogP contribution in [0.25, 0.3) is 0 Å². The maximum atomic E-state index is 12.0. The fourth-order valence-electron chi connectivity index (χ4n) is 4.89. The van der Waals surface area contributed by atoms with Gasteiger partial charge in [-0.25, -0.2) is 4.99 Å². The Morgan fingerprint density at radius 3 is 2.62 bits per heavy atom. The van der Waals surface area contributed by atoms with Gasteiger partial charge in [0.25, 0.3) is 0 Å². The number of nitrogens with zero attached hydrogens (tertiary/aromatic N) is 2. The molecule has 0 radical (unpaired) electrons. The molecule has 1 amide bonds. The predicted molar refractivity (Wildman–Crippen MR) is 104 cm³/mol. The summed E-state index contributed by atoms with van der Waals surface area (Å²) in [5, 5.41) is 7.31. The minimum absolute atomic E-state index is 0.0257. The normalized spacial score (nSPS) is 36.0. The minimum atomic E-state index is 0.0257. The van der Waals surface area contributed by atoms with Gasteiger partial charge < -0.3 is 20.3 Å². The van der Waals surface area contributed by atoms with Crippen LogP contribution in [-0.4, -0.2) is 62.2 Å². The molecule has 0 aromatic carbocycles. The number of hydrogen-bond donors (Lipinski definition) is 2. The van der Waals surface area contributed by atoms with Gasteiger partial charge in [-0.1, -0.05) is 33.6 Å². The van der Waals surface area contributed by atoms with E-state index in [4.69, 9.17) is 4.74 Å². The van der Waals surface area contributed by atoms with Crippen LogP contribution in [0, 0.1) is 17.3 Å². The van der Waals surface area contributed by atoms with Gasteiger partial charge >= 0.3 is 0 Å². The number of likely N-dealkylation sites (N-methyl/N-ethyl adjacent to an activating group) is 1. The van der Waals surface area contributed by atoms with Crippen LogP contribution in [0.15, 0.2) is 4.99 Å². The highest BCUT2D eigenvalue weighted by atomic mass is 16.5. The number of carbonyl (C=O) groups excluding carboxylic acids is 1. The average molecular weight is 365 g/mol. The molecular formula is C20H36N4O2. The Morgan fingerprint density at radius 1 is 1.19 bits per heavy atom. The molecule has 0 aromatic rings. The summed E-state index contributed by atoms with van der Waals surface area (Å²) in [4.78, 5) is 18.3. The molecule has 1 heterocycles. The van der Waals surface area contributed by atoms with Crippen molar-refractivity contribution in [3.8, 4) is 0 Å². The topological polar surface area (TPSA) is 66.0 Å². The van der Waals surface area contributed by atoms with Crippen molar-refractivity contribution in [2.75, 3.05) is 27.2 Å². The molecule has 3 fully saturated rings. The third kappa shape index (κ3) is 3.85. The summed E-state index contributed by atoms with van der Waals surface area (Å²) in [5.74, 6) is 2.00. The highest BCUT2D eigenvalue weighted by molar-refractivity contribution is 5.85. The van der Waals surface area contributed by atoms with Crippen LogP contribution in [0.5, 0.6) is 0 Å². The van der Waals surface area contributed by atoms with Crippen LogP contribution in [0.1, 0.15) is 52.9 Å². The maximum absolute atomic E-state index is 12.0. The van der Waals surface area contributed by atoms with Crippen LogP contribution in [0.3, 0.4) is 0 Å². The molecule has 5 atom stereocenters. The second-order valence-corrected chi connectivity index (χ2v) is 9.15. The van der Waals surface area contributed by atoms with Crippen molar-refractivity contribution in [3.63, 3.8) is 0 Å². The second-order valence-electron chi connectivity index (χ2n) is 9.15. The molecule has 2 saturated carbocycles. The molecule has 5 unspecified atom stereocenters. The number of nitrogens with one attached hydrogen (secondary N) is 2. The molecule has 3 aliphatic rings. The molecular weight excluding hydrogens is 328 g/mol. The zero-order valence-electron chi connectivity index (χ0n) is 17.0. The molecule has 6 heteroatoms. The summed E-state index contributed by atoms with van der Waals surface area (Å²) in [6.45, 7) is 7.89. The van der Waals surface area contributed by atoms with E-state index in [1.54, 1.807) is 19.0 Å². The highest BCUT2D eigenvalue weighted by Gasteiger charge is 2.59. The predicted octanol–water partition coefficient (Wildman–Crippen LogP) is 2.00. The lowest BCUT2D eigenvalue weighted by atomic mass is 9.57. The highest BCUT2D eigenvalue weighted by Crippen LogP contribution is 2.52. The van der Waals surface area contributed by atoms with Gasteiger partial charge in [0.2, 0.25) is 5.91 Å². The summed E-state index contributed by atoms with van der Waals surface area (Å²) in [7, 11) is 3.55. The fraction of sp³-hybridized carbons (Fsp3) is 0.900. The van der Waals surface area contributed by atoms with E-state index in [0.717, 1.165) is 19.0 Å². The molecule has 1 saturated heterocycles. The van der Waals surface area contributed by atoms with E-state index >= 15 is 0 Å². The Morgan fingerprint density at radius 2 is 1.92 bits per heavy atom. The molecule has 0 spiro atoms. The zero-order chi connectivity index (χ0) is 18.9. The molecule has 2 aliphatic carbocycles. The summed E-state index contributed by atoms with van der Waals surface area (Å²) in [6.07, 6.45) is 6.46. The molecule has 0 bridgehead atoms. The molecule has 2 N–H and O–H groups in total. The molecule has 0 aromatic heterocycles. The van der Waals surface area contributed by atoms with E-state index in [1.165, 1.54) is 25.7 Å². The van der Waals surface area contributed by atoms with Crippen molar-refractivity contribution < 1.29 is 9.53 Å². The van der Waals surface area contributed by atoms with Crippen LogP contribution < -0.4 is 10.6 Å². The zero-order valence-corrected chi connectivity index (χ0v) is 17.0. The first-order valence-electron chi connectivity index (χ1n) is 10.2. The molecule has 1 aliphatic heterocycles. The number of guanidine groups is 1. The van der Waals surface area contributed by atoms with Gasteiger partial charge in [-0.3, -0.25) is 4.79 Å². The summed E-state index contributed by atoms with van der Waals surface area (Å²) in [5.41, 5.74) is 0.0906. The van der Waals surface area contributed by atoms with E-state index in [9.17, 15) is 4.79 Å². The van der Waals surface area contributed by atoms with Crippen molar-refractivity contribution in [2.45, 2.75) is 71.1 Å². The lowest BCUT2D eigenvalue weighted by molar-refractivity contribution is -0.127. The minimum Gasteiger partial charge on any atom is -0.377 e. The number of aliphatic imine (C=N–C) groups is 1. The van der Waals surface area contributed by atoms with Crippen LogP contribution >= 0.6 is 0 Å². The van der Waals surface area contributed by atoms with Gasteiger partial charge in [0, 0.05) is 44.1 Å². The maximum Gasteiger partial charge on any atom is 0.243 e. The third-order valence-corrected chi connectivity index (χ3v) is 6.70. The van der Waals surface area contributed by atoms with Crippen LogP contribution in [0.4, 0.5) is 0 Å². The second kappa shape index (κ2) is 7.75. The first-order chi connectivity index (χ1) is 12.3. The first kappa shape index (κ1) is 19.5. The third-order valence-electron chi connectivity index (χ3n) is 6.70. The lowest BCUT2D eigenvalue weighted by Gasteiger charge is -2.55.